The number of amides is 3. The number of carbonyl (C=O) groups excluding carboxylic acids is 2. The fourth-order valence-corrected chi connectivity index (χ4v) is 2.31. The zero-order chi connectivity index (χ0) is 19.8. The summed E-state index contributed by atoms with van der Waals surface area (Å²) in [5.74, 6) is 0.535. The number of hydrogen-bond donors (Lipinski definition) is 3. The Kier molecular flexibility index (Phi) is 6.20. The molecular weight excluding hydrogens is 361 g/mol. The lowest BCUT2D eigenvalue weighted by Gasteiger charge is -2.09. The van der Waals surface area contributed by atoms with Crippen LogP contribution in [0.15, 0.2) is 78.9 Å². The molecule has 0 aliphatic carbocycles. The van der Waals surface area contributed by atoms with Crippen LogP contribution in [0.2, 0.25) is 0 Å². The minimum atomic E-state index is -0.522. The Balaban J connectivity index is 1.44. The van der Waals surface area contributed by atoms with Crippen molar-refractivity contribution in [2.45, 2.75) is 0 Å². The summed E-state index contributed by atoms with van der Waals surface area (Å²) in [6, 6.07) is 21.0. The van der Waals surface area contributed by atoms with E-state index in [0.717, 1.165) is 0 Å². The van der Waals surface area contributed by atoms with E-state index >= 15 is 0 Å². The van der Waals surface area contributed by atoms with Gasteiger partial charge in [-0.2, -0.15) is 0 Å². The Labute approximate surface area is 161 Å². The SMILES string of the molecule is O=C(CNC(=O)Nc1ccc(Oc2ccccc2)cc1)Nc1ccc(F)cc1. The van der Waals surface area contributed by atoms with Crippen molar-refractivity contribution in [2.75, 3.05) is 17.2 Å². The second kappa shape index (κ2) is 9.18. The molecule has 0 saturated carbocycles. The summed E-state index contributed by atoms with van der Waals surface area (Å²) >= 11 is 0. The Morgan fingerprint density at radius 3 is 2.00 bits per heavy atom. The van der Waals surface area contributed by atoms with Crippen LogP contribution in [0.1, 0.15) is 0 Å². The molecule has 3 aromatic rings. The van der Waals surface area contributed by atoms with Gasteiger partial charge in [0, 0.05) is 11.4 Å². The standard InChI is InChI=1S/C21H18FN3O3/c22-15-6-8-16(9-7-15)24-20(26)14-23-21(27)25-17-10-12-19(13-11-17)28-18-4-2-1-3-5-18/h1-13H,14H2,(H,24,26)(H2,23,25,27). The number of carbonyl (C=O) groups is 2. The highest BCUT2D eigenvalue weighted by molar-refractivity contribution is 5.96. The van der Waals surface area contributed by atoms with Crippen LogP contribution in [0.3, 0.4) is 0 Å². The first-order valence-corrected chi connectivity index (χ1v) is 8.52. The average Bonchev–Trinajstić information content (AvgIpc) is 2.70. The summed E-state index contributed by atoms with van der Waals surface area (Å²) in [5, 5.41) is 7.63. The van der Waals surface area contributed by atoms with E-state index in [9.17, 15) is 14.0 Å². The van der Waals surface area contributed by atoms with Gasteiger partial charge in [-0.05, 0) is 60.7 Å². The minimum absolute atomic E-state index is 0.224. The molecule has 0 radical (unpaired) electrons. The van der Waals surface area contributed by atoms with Gasteiger partial charge in [0.25, 0.3) is 0 Å². The van der Waals surface area contributed by atoms with Crippen molar-refractivity contribution in [1.29, 1.82) is 0 Å². The minimum Gasteiger partial charge on any atom is -0.457 e. The lowest BCUT2D eigenvalue weighted by atomic mass is 10.3. The van der Waals surface area contributed by atoms with Crippen molar-refractivity contribution in [3.63, 3.8) is 0 Å². The Hall–Kier alpha value is -3.87. The molecule has 0 fully saturated rings. The Bertz CT molecular complexity index is 929. The molecule has 3 amide bonds. The van der Waals surface area contributed by atoms with E-state index in [1.54, 1.807) is 24.3 Å². The monoisotopic (exact) mass is 379 g/mol. The highest BCUT2D eigenvalue weighted by Gasteiger charge is 2.07. The summed E-state index contributed by atoms with van der Waals surface area (Å²) in [7, 11) is 0. The van der Waals surface area contributed by atoms with E-state index in [0.29, 0.717) is 22.9 Å². The summed E-state index contributed by atoms with van der Waals surface area (Å²) < 4.78 is 18.5. The summed E-state index contributed by atoms with van der Waals surface area (Å²) in [6.07, 6.45) is 0. The van der Waals surface area contributed by atoms with Crippen molar-refractivity contribution >= 4 is 23.3 Å². The summed E-state index contributed by atoms with van der Waals surface area (Å²) in [5.41, 5.74) is 1.000. The van der Waals surface area contributed by atoms with Gasteiger partial charge in [-0.3, -0.25) is 4.79 Å². The fraction of sp³-hybridized carbons (Fsp3) is 0.0476. The zero-order valence-electron chi connectivity index (χ0n) is 14.8. The van der Waals surface area contributed by atoms with Crippen molar-refractivity contribution in [3.8, 4) is 11.5 Å². The molecule has 3 rings (SSSR count). The highest BCUT2D eigenvalue weighted by atomic mass is 19.1. The van der Waals surface area contributed by atoms with Crippen LogP contribution < -0.4 is 20.7 Å². The molecule has 0 aromatic heterocycles. The second-order valence-electron chi connectivity index (χ2n) is 5.80. The molecular formula is C21H18FN3O3. The van der Waals surface area contributed by atoms with E-state index in [1.807, 2.05) is 30.3 Å². The molecule has 7 heteroatoms. The molecule has 0 aliphatic heterocycles. The predicted molar refractivity (Wildman–Crippen MR) is 105 cm³/mol. The van der Waals surface area contributed by atoms with E-state index in [-0.39, 0.29) is 6.54 Å². The van der Waals surface area contributed by atoms with Gasteiger partial charge in [-0.25, -0.2) is 9.18 Å². The Morgan fingerprint density at radius 1 is 0.750 bits per heavy atom. The number of hydrogen-bond acceptors (Lipinski definition) is 3. The molecule has 0 unspecified atom stereocenters. The van der Waals surface area contributed by atoms with Crippen molar-refractivity contribution < 1.29 is 18.7 Å². The number of ether oxygens (including phenoxy) is 1. The quantitative estimate of drug-likeness (QED) is 0.595. The third kappa shape index (κ3) is 5.84. The van der Waals surface area contributed by atoms with Crippen LogP contribution in [-0.2, 0) is 4.79 Å². The van der Waals surface area contributed by atoms with Crippen LogP contribution in [0.4, 0.5) is 20.6 Å². The largest absolute Gasteiger partial charge is 0.457 e. The molecule has 3 aromatic carbocycles. The van der Waals surface area contributed by atoms with Crippen LogP contribution in [0.5, 0.6) is 11.5 Å². The lowest BCUT2D eigenvalue weighted by Crippen LogP contribution is -2.35. The van der Waals surface area contributed by atoms with E-state index < -0.39 is 17.8 Å². The molecule has 3 N–H and O–H groups in total. The molecule has 142 valence electrons. The van der Waals surface area contributed by atoms with E-state index in [2.05, 4.69) is 16.0 Å². The molecule has 28 heavy (non-hydrogen) atoms. The molecule has 0 saturated heterocycles. The van der Waals surface area contributed by atoms with Crippen LogP contribution >= 0.6 is 0 Å². The maximum atomic E-state index is 12.8. The van der Waals surface area contributed by atoms with Gasteiger partial charge in [-0.15, -0.1) is 0 Å². The van der Waals surface area contributed by atoms with Gasteiger partial charge in [0.2, 0.25) is 5.91 Å². The van der Waals surface area contributed by atoms with Gasteiger partial charge in [0.05, 0.1) is 6.54 Å². The third-order valence-electron chi connectivity index (χ3n) is 3.63. The smallest absolute Gasteiger partial charge is 0.319 e. The van der Waals surface area contributed by atoms with Gasteiger partial charge in [0.15, 0.2) is 0 Å². The number of anilines is 2. The van der Waals surface area contributed by atoms with Crippen molar-refractivity contribution in [1.82, 2.24) is 5.32 Å². The number of rotatable bonds is 6. The van der Waals surface area contributed by atoms with Gasteiger partial charge < -0.3 is 20.7 Å². The fourth-order valence-electron chi connectivity index (χ4n) is 2.31. The van der Waals surface area contributed by atoms with Crippen LogP contribution in [0.25, 0.3) is 0 Å². The number of halogens is 1. The number of para-hydroxylation sites is 1. The Morgan fingerprint density at radius 2 is 1.32 bits per heavy atom. The molecule has 0 heterocycles. The molecule has 0 bridgehead atoms. The van der Waals surface area contributed by atoms with Crippen LogP contribution in [0, 0.1) is 5.82 Å². The van der Waals surface area contributed by atoms with E-state index in [4.69, 9.17) is 4.74 Å². The molecule has 0 atom stereocenters. The summed E-state index contributed by atoms with van der Waals surface area (Å²) in [6.45, 7) is -0.224. The maximum Gasteiger partial charge on any atom is 0.319 e. The van der Waals surface area contributed by atoms with Gasteiger partial charge in [-0.1, -0.05) is 18.2 Å². The third-order valence-corrected chi connectivity index (χ3v) is 3.63. The number of nitrogens with one attached hydrogen (secondary N) is 3. The second-order valence-corrected chi connectivity index (χ2v) is 5.80. The first-order chi connectivity index (χ1) is 13.6. The number of benzene rings is 3. The van der Waals surface area contributed by atoms with Gasteiger partial charge >= 0.3 is 6.03 Å². The maximum absolute atomic E-state index is 12.8. The molecule has 0 spiro atoms. The van der Waals surface area contributed by atoms with Crippen molar-refractivity contribution in [2.24, 2.45) is 0 Å². The highest BCUT2D eigenvalue weighted by Crippen LogP contribution is 2.22. The topological polar surface area (TPSA) is 79.5 Å². The zero-order valence-corrected chi connectivity index (χ0v) is 14.8. The summed E-state index contributed by atoms with van der Waals surface area (Å²) in [4.78, 5) is 23.7. The van der Waals surface area contributed by atoms with Crippen molar-refractivity contribution in [3.05, 3.63) is 84.7 Å². The average molecular weight is 379 g/mol. The van der Waals surface area contributed by atoms with E-state index in [1.165, 1.54) is 24.3 Å². The van der Waals surface area contributed by atoms with Crippen LogP contribution in [-0.4, -0.2) is 18.5 Å². The van der Waals surface area contributed by atoms with Gasteiger partial charge in [0.1, 0.15) is 17.3 Å². The first-order valence-electron chi connectivity index (χ1n) is 8.52. The first kappa shape index (κ1) is 18.9. The predicted octanol–water partition coefficient (Wildman–Crippen LogP) is 4.38. The molecule has 0 aliphatic rings. The lowest BCUT2D eigenvalue weighted by molar-refractivity contribution is -0.115. The molecule has 6 nitrogen and oxygen atoms in total. The normalized spacial score (nSPS) is 10.0. The number of urea groups is 1.